The first-order valence-electron chi connectivity index (χ1n) is 10.1. The van der Waals surface area contributed by atoms with Gasteiger partial charge in [0.25, 0.3) is 5.91 Å². The minimum Gasteiger partial charge on any atom is -0.379 e. The number of aryl methyl sites for hydroxylation is 1. The first-order valence-corrected chi connectivity index (χ1v) is 10.1. The first-order chi connectivity index (χ1) is 14.6. The molecule has 1 aliphatic rings. The largest absolute Gasteiger partial charge is 0.379 e. The summed E-state index contributed by atoms with van der Waals surface area (Å²) in [6, 6.07) is 17.9. The second-order valence-electron chi connectivity index (χ2n) is 7.34. The molecule has 0 radical (unpaired) electrons. The predicted molar refractivity (Wildman–Crippen MR) is 112 cm³/mol. The molecule has 0 aliphatic carbocycles. The van der Waals surface area contributed by atoms with E-state index in [2.05, 4.69) is 15.3 Å². The van der Waals surface area contributed by atoms with Crippen LogP contribution in [0.25, 0.3) is 5.69 Å². The number of carbonyl (C=O) groups is 1. The lowest BCUT2D eigenvalue weighted by atomic mass is 10.0. The smallest absolute Gasteiger partial charge is 0.271 e. The van der Waals surface area contributed by atoms with Crippen LogP contribution in [0.4, 0.5) is 4.39 Å². The molecule has 0 spiro atoms. The summed E-state index contributed by atoms with van der Waals surface area (Å²) >= 11 is 0. The zero-order valence-corrected chi connectivity index (χ0v) is 16.9. The van der Waals surface area contributed by atoms with Crippen molar-refractivity contribution in [3.05, 3.63) is 83.4 Å². The van der Waals surface area contributed by atoms with Crippen LogP contribution >= 0.6 is 0 Å². The Kier molecular flexibility index (Phi) is 6.21. The number of morpholine rings is 1. The van der Waals surface area contributed by atoms with E-state index in [1.807, 2.05) is 37.3 Å². The van der Waals surface area contributed by atoms with E-state index in [0.717, 1.165) is 30.0 Å². The number of aromatic nitrogens is 2. The summed E-state index contributed by atoms with van der Waals surface area (Å²) in [5, 5.41) is 7.49. The van der Waals surface area contributed by atoms with Crippen LogP contribution in [0.5, 0.6) is 0 Å². The van der Waals surface area contributed by atoms with Crippen molar-refractivity contribution in [3.8, 4) is 5.69 Å². The molecule has 2 aromatic carbocycles. The number of amides is 1. The lowest BCUT2D eigenvalue weighted by Gasteiger charge is -2.34. The van der Waals surface area contributed by atoms with Gasteiger partial charge in [-0.15, -0.1) is 0 Å². The van der Waals surface area contributed by atoms with Crippen molar-refractivity contribution < 1.29 is 13.9 Å². The minimum absolute atomic E-state index is 0.0595. The third-order valence-electron chi connectivity index (χ3n) is 5.32. The van der Waals surface area contributed by atoms with Gasteiger partial charge in [0.2, 0.25) is 0 Å². The molecule has 7 heteroatoms. The molecule has 0 bridgehead atoms. The number of rotatable bonds is 6. The van der Waals surface area contributed by atoms with Gasteiger partial charge in [0.15, 0.2) is 5.69 Å². The number of hydrogen-bond donors (Lipinski definition) is 1. The van der Waals surface area contributed by atoms with E-state index in [-0.39, 0.29) is 17.8 Å². The molecule has 1 saturated heterocycles. The highest BCUT2D eigenvalue weighted by Gasteiger charge is 2.24. The third kappa shape index (κ3) is 4.58. The number of para-hydroxylation sites is 1. The van der Waals surface area contributed by atoms with E-state index >= 15 is 0 Å². The van der Waals surface area contributed by atoms with Gasteiger partial charge >= 0.3 is 0 Å². The quantitative estimate of drug-likeness (QED) is 0.681. The number of nitrogens with zero attached hydrogens (tertiary/aromatic N) is 3. The van der Waals surface area contributed by atoms with Crippen LogP contribution in [0.2, 0.25) is 0 Å². The highest BCUT2D eigenvalue weighted by Crippen LogP contribution is 2.22. The SMILES string of the molecule is Cc1cc(C(=O)NCC(c2ccc(F)cc2)N2CCOCC2)nn1-c1ccccc1. The van der Waals surface area contributed by atoms with Crippen molar-refractivity contribution in [1.82, 2.24) is 20.0 Å². The first kappa shape index (κ1) is 20.3. The molecule has 1 aliphatic heterocycles. The Morgan fingerprint density at radius 2 is 1.83 bits per heavy atom. The molecule has 4 rings (SSSR count). The highest BCUT2D eigenvalue weighted by atomic mass is 19.1. The van der Waals surface area contributed by atoms with Gasteiger partial charge in [-0.05, 0) is 42.8 Å². The Labute approximate surface area is 175 Å². The molecule has 2 heterocycles. The van der Waals surface area contributed by atoms with Gasteiger partial charge in [-0.2, -0.15) is 5.10 Å². The van der Waals surface area contributed by atoms with Crippen LogP contribution in [-0.4, -0.2) is 53.4 Å². The van der Waals surface area contributed by atoms with Crippen LogP contribution < -0.4 is 5.32 Å². The highest BCUT2D eigenvalue weighted by molar-refractivity contribution is 5.92. The van der Waals surface area contributed by atoms with Crippen LogP contribution in [0.1, 0.15) is 27.8 Å². The van der Waals surface area contributed by atoms with Crippen molar-refractivity contribution in [2.75, 3.05) is 32.8 Å². The molecule has 1 N–H and O–H groups in total. The fourth-order valence-electron chi connectivity index (χ4n) is 3.73. The number of nitrogens with one attached hydrogen (secondary N) is 1. The molecule has 1 amide bonds. The maximum absolute atomic E-state index is 13.4. The molecule has 1 unspecified atom stereocenters. The number of benzene rings is 2. The fourth-order valence-corrected chi connectivity index (χ4v) is 3.73. The van der Waals surface area contributed by atoms with Crippen LogP contribution in [-0.2, 0) is 4.74 Å². The van der Waals surface area contributed by atoms with Crippen molar-refractivity contribution in [3.63, 3.8) is 0 Å². The van der Waals surface area contributed by atoms with E-state index in [1.165, 1.54) is 12.1 Å². The zero-order valence-electron chi connectivity index (χ0n) is 16.9. The van der Waals surface area contributed by atoms with E-state index < -0.39 is 0 Å². The van der Waals surface area contributed by atoms with Crippen molar-refractivity contribution in [2.45, 2.75) is 13.0 Å². The van der Waals surface area contributed by atoms with E-state index in [9.17, 15) is 9.18 Å². The Hall–Kier alpha value is -3.03. The second kappa shape index (κ2) is 9.19. The Bertz CT molecular complexity index is 982. The van der Waals surface area contributed by atoms with Gasteiger partial charge in [0.05, 0.1) is 24.9 Å². The maximum atomic E-state index is 13.4. The van der Waals surface area contributed by atoms with Gasteiger partial charge in [-0.1, -0.05) is 30.3 Å². The average Bonchev–Trinajstić information content (AvgIpc) is 3.18. The lowest BCUT2D eigenvalue weighted by molar-refractivity contribution is 0.0162. The lowest BCUT2D eigenvalue weighted by Crippen LogP contribution is -2.43. The molecule has 1 fully saturated rings. The number of hydrogen-bond acceptors (Lipinski definition) is 4. The Balaban J connectivity index is 1.49. The molecular formula is C23H25FN4O2. The third-order valence-corrected chi connectivity index (χ3v) is 5.32. The Morgan fingerprint density at radius 1 is 1.13 bits per heavy atom. The summed E-state index contributed by atoms with van der Waals surface area (Å²) in [5.74, 6) is -0.501. The summed E-state index contributed by atoms with van der Waals surface area (Å²) in [6.45, 7) is 5.14. The van der Waals surface area contributed by atoms with Crippen LogP contribution in [0.15, 0.2) is 60.7 Å². The summed E-state index contributed by atoms with van der Waals surface area (Å²) in [5.41, 5.74) is 3.13. The van der Waals surface area contributed by atoms with Gasteiger partial charge in [-0.3, -0.25) is 9.69 Å². The number of halogens is 1. The average molecular weight is 408 g/mol. The molecule has 1 aromatic heterocycles. The van der Waals surface area contributed by atoms with Crippen molar-refractivity contribution in [1.29, 1.82) is 0 Å². The minimum atomic E-state index is -0.273. The molecular weight excluding hydrogens is 383 g/mol. The fraction of sp³-hybridized carbons (Fsp3) is 0.304. The molecule has 0 saturated carbocycles. The standard InChI is InChI=1S/C23H25FN4O2/c1-17-15-21(26-28(17)20-5-3-2-4-6-20)23(29)25-16-22(27-11-13-30-14-12-27)18-7-9-19(24)10-8-18/h2-10,15,22H,11-14,16H2,1H3,(H,25,29). The summed E-state index contributed by atoms with van der Waals surface area (Å²) in [6.07, 6.45) is 0. The maximum Gasteiger partial charge on any atom is 0.271 e. The van der Waals surface area contributed by atoms with Gasteiger partial charge in [-0.25, -0.2) is 9.07 Å². The van der Waals surface area contributed by atoms with E-state index in [0.29, 0.717) is 25.5 Å². The molecule has 3 aromatic rings. The zero-order chi connectivity index (χ0) is 20.9. The molecule has 6 nitrogen and oxygen atoms in total. The van der Waals surface area contributed by atoms with E-state index in [4.69, 9.17) is 4.74 Å². The molecule has 30 heavy (non-hydrogen) atoms. The van der Waals surface area contributed by atoms with Crippen molar-refractivity contribution in [2.24, 2.45) is 0 Å². The monoisotopic (exact) mass is 408 g/mol. The van der Waals surface area contributed by atoms with Crippen LogP contribution in [0.3, 0.4) is 0 Å². The topological polar surface area (TPSA) is 59.4 Å². The van der Waals surface area contributed by atoms with E-state index in [1.54, 1.807) is 22.9 Å². The van der Waals surface area contributed by atoms with Gasteiger partial charge in [0.1, 0.15) is 5.82 Å². The Morgan fingerprint density at radius 3 is 2.53 bits per heavy atom. The number of ether oxygens (including phenoxy) is 1. The second-order valence-corrected chi connectivity index (χ2v) is 7.34. The summed E-state index contributed by atoms with van der Waals surface area (Å²) < 4.78 is 20.6. The predicted octanol–water partition coefficient (Wildman–Crippen LogP) is 3.12. The normalized spacial score (nSPS) is 15.7. The number of carbonyl (C=O) groups excluding carboxylic acids is 1. The summed E-state index contributed by atoms with van der Waals surface area (Å²) in [4.78, 5) is 15.1. The molecule has 156 valence electrons. The molecule has 1 atom stereocenters. The summed E-state index contributed by atoms with van der Waals surface area (Å²) in [7, 11) is 0. The van der Waals surface area contributed by atoms with Crippen molar-refractivity contribution >= 4 is 5.91 Å². The van der Waals surface area contributed by atoms with Crippen LogP contribution in [0, 0.1) is 12.7 Å². The van der Waals surface area contributed by atoms with Gasteiger partial charge < -0.3 is 10.1 Å². The van der Waals surface area contributed by atoms with Gasteiger partial charge in [0, 0.05) is 25.3 Å².